The van der Waals surface area contributed by atoms with E-state index in [9.17, 15) is 4.79 Å². The summed E-state index contributed by atoms with van der Waals surface area (Å²) in [6.45, 7) is 0. The standard InChI is InChI=1S/C26H14Cl4N2O3/c27-15-1-6-24-22(12-15)32-26(35-24)20-13-18(2-5-21(20)30)31-25(33)8-4-19-3-7-23(34-19)14-9-16(28)11-17(29)10-14/h1-13H,(H,31,33)/b8-4+. The van der Waals surface area contributed by atoms with Gasteiger partial charge in [0.25, 0.3) is 0 Å². The van der Waals surface area contributed by atoms with E-state index in [1.165, 1.54) is 6.08 Å². The molecule has 0 unspecified atom stereocenters. The lowest BCUT2D eigenvalue weighted by Crippen LogP contribution is -2.07. The zero-order valence-corrected chi connectivity index (χ0v) is 20.7. The van der Waals surface area contributed by atoms with Crippen molar-refractivity contribution in [1.29, 1.82) is 0 Å². The molecular weight excluding hydrogens is 530 g/mol. The smallest absolute Gasteiger partial charge is 0.248 e. The number of oxazole rings is 1. The van der Waals surface area contributed by atoms with Crippen molar-refractivity contribution in [2.75, 3.05) is 5.32 Å². The van der Waals surface area contributed by atoms with Gasteiger partial charge in [0.15, 0.2) is 5.58 Å². The van der Waals surface area contributed by atoms with E-state index in [4.69, 9.17) is 55.2 Å². The van der Waals surface area contributed by atoms with Crippen molar-refractivity contribution < 1.29 is 13.6 Å². The van der Waals surface area contributed by atoms with E-state index in [0.29, 0.717) is 59.9 Å². The number of aromatic nitrogens is 1. The van der Waals surface area contributed by atoms with Crippen LogP contribution in [0, 0.1) is 0 Å². The zero-order chi connectivity index (χ0) is 24.5. The molecule has 2 heterocycles. The van der Waals surface area contributed by atoms with Crippen molar-refractivity contribution in [1.82, 2.24) is 4.98 Å². The zero-order valence-electron chi connectivity index (χ0n) is 17.7. The molecule has 0 aliphatic carbocycles. The van der Waals surface area contributed by atoms with Gasteiger partial charge < -0.3 is 14.2 Å². The summed E-state index contributed by atoms with van der Waals surface area (Å²) >= 11 is 24.5. The minimum absolute atomic E-state index is 0.322. The highest BCUT2D eigenvalue weighted by atomic mass is 35.5. The number of benzene rings is 3. The molecule has 5 nitrogen and oxygen atoms in total. The van der Waals surface area contributed by atoms with Gasteiger partial charge in [-0.1, -0.05) is 46.4 Å². The van der Waals surface area contributed by atoms with E-state index < -0.39 is 0 Å². The van der Waals surface area contributed by atoms with Gasteiger partial charge in [0.1, 0.15) is 17.0 Å². The van der Waals surface area contributed by atoms with Crippen molar-refractivity contribution in [3.8, 4) is 22.8 Å². The highest BCUT2D eigenvalue weighted by Gasteiger charge is 2.14. The minimum Gasteiger partial charge on any atom is -0.457 e. The third-order valence-electron chi connectivity index (χ3n) is 4.99. The lowest BCUT2D eigenvalue weighted by molar-refractivity contribution is -0.111. The average Bonchev–Trinajstić information content (AvgIpc) is 3.45. The van der Waals surface area contributed by atoms with Crippen LogP contribution in [-0.4, -0.2) is 10.9 Å². The summed E-state index contributed by atoms with van der Waals surface area (Å²) in [5, 5.41) is 4.79. The number of carbonyl (C=O) groups is 1. The minimum atomic E-state index is -0.355. The molecule has 1 amide bonds. The Labute approximate surface area is 219 Å². The van der Waals surface area contributed by atoms with Crippen LogP contribution >= 0.6 is 46.4 Å². The number of rotatable bonds is 5. The van der Waals surface area contributed by atoms with Gasteiger partial charge in [-0.15, -0.1) is 0 Å². The topological polar surface area (TPSA) is 68.3 Å². The molecule has 0 radical (unpaired) electrons. The number of anilines is 1. The fourth-order valence-corrected chi connectivity index (χ4v) is 4.31. The molecule has 0 aliphatic rings. The molecule has 0 atom stereocenters. The van der Waals surface area contributed by atoms with E-state index in [2.05, 4.69) is 10.3 Å². The van der Waals surface area contributed by atoms with Crippen LogP contribution in [0.25, 0.3) is 40.0 Å². The molecule has 5 aromatic rings. The Bertz CT molecular complexity index is 1580. The number of fused-ring (bicyclic) bond motifs is 1. The highest BCUT2D eigenvalue weighted by Crippen LogP contribution is 2.33. The Morgan fingerprint density at radius 2 is 1.63 bits per heavy atom. The molecule has 35 heavy (non-hydrogen) atoms. The molecule has 2 aromatic heterocycles. The molecular formula is C26H14Cl4N2O3. The molecule has 0 saturated carbocycles. The van der Waals surface area contributed by atoms with Gasteiger partial charge in [-0.3, -0.25) is 4.79 Å². The van der Waals surface area contributed by atoms with Crippen LogP contribution in [0.5, 0.6) is 0 Å². The van der Waals surface area contributed by atoms with Gasteiger partial charge >= 0.3 is 0 Å². The number of furan rings is 1. The maximum atomic E-state index is 12.5. The molecule has 174 valence electrons. The van der Waals surface area contributed by atoms with Crippen LogP contribution in [0.2, 0.25) is 20.1 Å². The Hall–Kier alpha value is -3.22. The van der Waals surface area contributed by atoms with Crippen molar-refractivity contribution in [3.63, 3.8) is 0 Å². The number of hydrogen-bond donors (Lipinski definition) is 1. The van der Waals surface area contributed by atoms with Crippen LogP contribution in [0.4, 0.5) is 5.69 Å². The number of nitrogens with one attached hydrogen (secondary N) is 1. The van der Waals surface area contributed by atoms with E-state index in [-0.39, 0.29) is 5.91 Å². The maximum absolute atomic E-state index is 12.5. The third-order valence-corrected chi connectivity index (χ3v) is 5.99. The molecule has 5 rings (SSSR count). The Kier molecular flexibility index (Phi) is 6.58. The molecule has 0 spiro atoms. The number of halogens is 4. The predicted octanol–water partition coefficient (Wildman–Crippen LogP) is 9.02. The highest BCUT2D eigenvalue weighted by molar-refractivity contribution is 6.35. The first-order valence-electron chi connectivity index (χ1n) is 10.3. The van der Waals surface area contributed by atoms with Crippen LogP contribution < -0.4 is 5.32 Å². The monoisotopic (exact) mass is 542 g/mol. The summed E-state index contributed by atoms with van der Waals surface area (Å²) in [5.41, 5.74) is 2.99. The second-order valence-electron chi connectivity index (χ2n) is 7.51. The summed E-state index contributed by atoms with van der Waals surface area (Å²) in [6, 6.07) is 18.8. The molecule has 9 heteroatoms. The molecule has 1 N–H and O–H groups in total. The SMILES string of the molecule is O=C(/C=C/c1ccc(-c2cc(Cl)cc(Cl)c2)o1)Nc1ccc(Cl)c(-c2nc3cc(Cl)ccc3o2)c1. The van der Waals surface area contributed by atoms with Crippen molar-refractivity contribution in [2.45, 2.75) is 0 Å². The van der Waals surface area contributed by atoms with Gasteiger partial charge in [0.2, 0.25) is 11.8 Å². The fourth-order valence-electron chi connectivity index (χ4n) is 3.42. The Morgan fingerprint density at radius 3 is 2.43 bits per heavy atom. The van der Waals surface area contributed by atoms with Gasteiger partial charge in [0.05, 0.1) is 10.6 Å². The van der Waals surface area contributed by atoms with Crippen LogP contribution in [0.15, 0.2) is 81.6 Å². The summed E-state index contributed by atoms with van der Waals surface area (Å²) in [5.74, 6) is 1.04. The van der Waals surface area contributed by atoms with E-state index in [1.54, 1.807) is 72.8 Å². The quantitative estimate of drug-likeness (QED) is 0.224. The summed E-state index contributed by atoms with van der Waals surface area (Å²) in [6.07, 6.45) is 2.93. The van der Waals surface area contributed by atoms with Crippen LogP contribution in [-0.2, 0) is 4.79 Å². The van der Waals surface area contributed by atoms with Gasteiger partial charge in [-0.05, 0) is 72.8 Å². The first kappa shape index (κ1) is 23.5. The lowest BCUT2D eigenvalue weighted by atomic mass is 10.2. The first-order chi connectivity index (χ1) is 16.8. The maximum Gasteiger partial charge on any atom is 0.248 e. The predicted molar refractivity (Wildman–Crippen MR) is 141 cm³/mol. The van der Waals surface area contributed by atoms with Crippen molar-refractivity contribution >= 4 is 75.2 Å². The van der Waals surface area contributed by atoms with Crippen LogP contribution in [0.1, 0.15) is 5.76 Å². The van der Waals surface area contributed by atoms with E-state index in [1.807, 2.05) is 0 Å². The molecule has 0 bridgehead atoms. The average molecular weight is 544 g/mol. The molecule has 0 aliphatic heterocycles. The van der Waals surface area contributed by atoms with E-state index in [0.717, 1.165) is 5.56 Å². The third kappa shape index (κ3) is 5.39. The summed E-state index contributed by atoms with van der Waals surface area (Å²) in [4.78, 5) is 16.9. The normalized spacial score (nSPS) is 11.4. The Morgan fingerprint density at radius 1 is 0.829 bits per heavy atom. The fraction of sp³-hybridized carbons (Fsp3) is 0. The van der Waals surface area contributed by atoms with E-state index >= 15 is 0 Å². The Balaban J connectivity index is 1.32. The molecule has 3 aromatic carbocycles. The molecule has 0 saturated heterocycles. The first-order valence-corrected chi connectivity index (χ1v) is 11.8. The summed E-state index contributed by atoms with van der Waals surface area (Å²) in [7, 11) is 0. The number of amides is 1. The second kappa shape index (κ2) is 9.80. The van der Waals surface area contributed by atoms with Crippen LogP contribution in [0.3, 0.4) is 0 Å². The lowest BCUT2D eigenvalue weighted by Gasteiger charge is -2.05. The van der Waals surface area contributed by atoms with Gasteiger partial charge in [-0.25, -0.2) is 4.98 Å². The molecule has 0 fully saturated rings. The number of carbonyl (C=O) groups excluding carboxylic acids is 1. The largest absolute Gasteiger partial charge is 0.457 e. The van der Waals surface area contributed by atoms with Crippen molar-refractivity contribution in [3.05, 3.63) is 98.7 Å². The summed E-state index contributed by atoms with van der Waals surface area (Å²) < 4.78 is 11.6. The number of hydrogen-bond acceptors (Lipinski definition) is 4. The number of nitrogens with zero attached hydrogens (tertiary/aromatic N) is 1. The van der Waals surface area contributed by atoms with Crippen molar-refractivity contribution in [2.24, 2.45) is 0 Å². The van der Waals surface area contributed by atoms with Gasteiger partial charge in [-0.2, -0.15) is 0 Å². The second-order valence-corrected chi connectivity index (χ2v) is 9.22. The van der Waals surface area contributed by atoms with Gasteiger partial charge in [0, 0.05) is 32.4 Å².